The fourth-order valence-electron chi connectivity index (χ4n) is 8.41. The van der Waals surface area contributed by atoms with Gasteiger partial charge in [0, 0.05) is 41.2 Å². The Balaban J connectivity index is 1.67. The summed E-state index contributed by atoms with van der Waals surface area (Å²) in [5, 5.41) is 0. The molecule has 206 valence electrons. The smallest absolute Gasteiger partial charge is 0.229 e. The number of ketones is 5. The van der Waals surface area contributed by atoms with Crippen molar-refractivity contribution in [3.05, 3.63) is 56.7 Å². The zero-order valence-electron chi connectivity index (χ0n) is 24.1. The number of benzene rings is 1. The summed E-state index contributed by atoms with van der Waals surface area (Å²) in [6, 6.07) is 3.46. The summed E-state index contributed by atoms with van der Waals surface area (Å²) in [6.45, 7) is 14.0. The molecule has 0 bridgehead atoms. The molecule has 1 aromatic carbocycles. The number of carbonyl (C=O) groups excluding carboxylic acids is 5. The molecule has 6 heteroatoms. The highest BCUT2D eigenvalue weighted by Gasteiger charge is 2.63. The van der Waals surface area contributed by atoms with Crippen molar-refractivity contribution in [1.29, 1.82) is 0 Å². The fourth-order valence-corrected chi connectivity index (χ4v) is 8.41. The van der Waals surface area contributed by atoms with Crippen LogP contribution in [0.1, 0.15) is 99.1 Å². The van der Waals surface area contributed by atoms with E-state index in [1.54, 1.807) is 12.1 Å². The summed E-state index contributed by atoms with van der Waals surface area (Å²) in [6.07, 6.45) is 2.63. The molecule has 3 atom stereocenters. The van der Waals surface area contributed by atoms with Crippen molar-refractivity contribution in [2.75, 3.05) is 13.2 Å². The first kappa shape index (κ1) is 27.6. The molecule has 3 aliphatic carbocycles. The van der Waals surface area contributed by atoms with E-state index in [0.29, 0.717) is 67.6 Å². The predicted molar refractivity (Wildman–Crippen MR) is 147 cm³/mol. The number of Topliss-reactive ketones (excluding diaryl/α,β-unsaturated/α-hetero) is 5. The SMILES string of the molecule is CC(=O)C1=C(C)CC2(C)CC3(C)Cc4c(C(=O)C(=O)C5CCOCC5)ccc(C)c4C(=O)C3=C(C)C2(C)C1=O. The van der Waals surface area contributed by atoms with Crippen molar-refractivity contribution in [3.63, 3.8) is 0 Å². The number of carbonyl (C=O) groups is 5. The van der Waals surface area contributed by atoms with Gasteiger partial charge in [-0.05, 0) is 83.3 Å². The van der Waals surface area contributed by atoms with Gasteiger partial charge in [0.1, 0.15) is 0 Å². The van der Waals surface area contributed by atoms with E-state index in [4.69, 9.17) is 4.74 Å². The summed E-state index contributed by atoms with van der Waals surface area (Å²) < 4.78 is 5.37. The van der Waals surface area contributed by atoms with Gasteiger partial charge in [0.25, 0.3) is 0 Å². The Morgan fingerprint density at radius 2 is 1.59 bits per heavy atom. The third-order valence-electron chi connectivity index (χ3n) is 10.4. The van der Waals surface area contributed by atoms with Gasteiger partial charge < -0.3 is 4.74 Å². The van der Waals surface area contributed by atoms with Crippen LogP contribution in [0.5, 0.6) is 0 Å². The second kappa shape index (κ2) is 9.02. The van der Waals surface area contributed by atoms with Crippen LogP contribution in [0.25, 0.3) is 0 Å². The van der Waals surface area contributed by atoms with Crippen molar-refractivity contribution in [1.82, 2.24) is 0 Å². The minimum Gasteiger partial charge on any atom is -0.381 e. The maximum absolute atomic E-state index is 14.4. The van der Waals surface area contributed by atoms with Gasteiger partial charge in [-0.1, -0.05) is 37.1 Å². The van der Waals surface area contributed by atoms with Gasteiger partial charge in [-0.3, -0.25) is 24.0 Å². The highest BCUT2D eigenvalue weighted by molar-refractivity contribution is 6.45. The van der Waals surface area contributed by atoms with Gasteiger partial charge in [0.05, 0.1) is 11.0 Å². The van der Waals surface area contributed by atoms with Crippen LogP contribution in [-0.2, 0) is 25.5 Å². The van der Waals surface area contributed by atoms with Crippen LogP contribution in [0.3, 0.4) is 0 Å². The molecule has 39 heavy (non-hydrogen) atoms. The van der Waals surface area contributed by atoms with Crippen LogP contribution in [0.15, 0.2) is 34.4 Å². The molecule has 4 aliphatic rings. The zero-order chi connectivity index (χ0) is 28.7. The monoisotopic (exact) mass is 530 g/mol. The maximum atomic E-state index is 14.4. The fraction of sp³-hybridized carbons (Fsp3) is 0.545. The third-order valence-corrected chi connectivity index (χ3v) is 10.4. The maximum Gasteiger partial charge on any atom is 0.229 e. The average molecular weight is 531 g/mol. The summed E-state index contributed by atoms with van der Waals surface area (Å²) in [5.41, 5.74) is 2.47. The number of ether oxygens (including phenoxy) is 1. The van der Waals surface area contributed by atoms with Crippen LogP contribution in [-0.4, -0.2) is 42.1 Å². The van der Waals surface area contributed by atoms with Crippen molar-refractivity contribution in [3.8, 4) is 0 Å². The minimum absolute atomic E-state index is 0.173. The predicted octanol–water partition coefficient (Wildman–Crippen LogP) is 5.53. The normalized spacial score (nSPS) is 31.1. The van der Waals surface area contributed by atoms with E-state index >= 15 is 0 Å². The molecule has 6 nitrogen and oxygen atoms in total. The number of hydrogen-bond acceptors (Lipinski definition) is 6. The first-order chi connectivity index (χ1) is 18.2. The van der Waals surface area contributed by atoms with E-state index in [1.165, 1.54) is 6.92 Å². The second-order valence-corrected chi connectivity index (χ2v) is 13.0. The number of hydrogen-bond donors (Lipinski definition) is 0. The summed E-state index contributed by atoms with van der Waals surface area (Å²) in [7, 11) is 0. The summed E-state index contributed by atoms with van der Waals surface area (Å²) >= 11 is 0. The molecule has 1 fully saturated rings. The van der Waals surface area contributed by atoms with Crippen LogP contribution in [0.4, 0.5) is 0 Å². The van der Waals surface area contributed by atoms with Crippen LogP contribution in [0, 0.1) is 29.1 Å². The lowest BCUT2D eigenvalue weighted by atomic mass is 9.42. The Bertz CT molecular complexity index is 1430. The molecule has 1 aromatic rings. The van der Waals surface area contributed by atoms with Crippen molar-refractivity contribution in [2.45, 2.75) is 80.6 Å². The molecule has 0 N–H and O–H groups in total. The number of fused-ring (bicyclic) bond motifs is 3. The minimum atomic E-state index is -0.990. The first-order valence-electron chi connectivity index (χ1n) is 14.0. The molecule has 5 rings (SSSR count). The molecule has 0 amide bonds. The van der Waals surface area contributed by atoms with E-state index < -0.39 is 27.8 Å². The Hall–Kier alpha value is -2.99. The van der Waals surface area contributed by atoms with E-state index in [9.17, 15) is 24.0 Å². The van der Waals surface area contributed by atoms with Gasteiger partial charge in [0.2, 0.25) is 11.6 Å². The molecule has 0 spiro atoms. The average Bonchev–Trinajstić information content (AvgIpc) is 2.85. The van der Waals surface area contributed by atoms with Crippen molar-refractivity contribution < 1.29 is 28.7 Å². The van der Waals surface area contributed by atoms with Gasteiger partial charge in [-0.15, -0.1) is 0 Å². The molecule has 0 aromatic heterocycles. The van der Waals surface area contributed by atoms with E-state index in [0.717, 1.165) is 16.7 Å². The molecule has 3 unspecified atom stereocenters. The zero-order valence-corrected chi connectivity index (χ0v) is 24.1. The van der Waals surface area contributed by atoms with Gasteiger partial charge in [0.15, 0.2) is 17.3 Å². The quantitative estimate of drug-likeness (QED) is 0.289. The molecule has 1 aliphatic heterocycles. The Morgan fingerprint density at radius 3 is 2.21 bits per heavy atom. The van der Waals surface area contributed by atoms with Crippen LogP contribution in [0.2, 0.25) is 0 Å². The van der Waals surface area contributed by atoms with Crippen LogP contribution < -0.4 is 0 Å². The highest BCUT2D eigenvalue weighted by Crippen LogP contribution is 2.66. The van der Waals surface area contributed by atoms with E-state index in [-0.39, 0.29) is 28.8 Å². The highest BCUT2D eigenvalue weighted by atomic mass is 16.5. The lowest BCUT2D eigenvalue weighted by Crippen LogP contribution is -2.57. The van der Waals surface area contributed by atoms with E-state index in [1.807, 2.05) is 27.7 Å². The molecular formula is C33H38O6. The van der Waals surface area contributed by atoms with Gasteiger partial charge >= 0.3 is 0 Å². The molecule has 0 saturated carbocycles. The van der Waals surface area contributed by atoms with Crippen molar-refractivity contribution in [2.24, 2.45) is 22.2 Å². The standard InChI is InChI=1S/C33H38O6/c1-17-8-9-22(28(36)27(35)21-10-12-39-13-11-21)23-15-31(5)16-32(6)14-18(2)24(20(4)34)30(38)33(32,7)19(3)26(31)29(37)25(17)23/h8-9,21H,10-16H2,1-7H3. The lowest BCUT2D eigenvalue weighted by molar-refractivity contribution is -0.134. The summed E-state index contributed by atoms with van der Waals surface area (Å²) in [5.74, 6) is -1.89. The first-order valence-corrected chi connectivity index (χ1v) is 14.0. The van der Waals surface area contributed by atoms with Crippen molar-refractivity contribution >= 4 is 28.9 Å². The largest absolute Gasteiger partial charge is 0.381 e. The Labute approximate surface area is 230 Å². The molecule has 1 saturated heterocycles. The van der Waals surface area contributed by atoms with Gasteiger partial charge in [-0.2, -0.15) is 0 Å². The third kappa shape index (κ3) is 3.74. The molecule has 1 heterocycles. The number of allylic oxidation sites excluding steroid dienone is 4. The van der Waals surface area contributed by atoms with E-state index in [2.05, 4.69) is 13.8 Å². The molecule has 0 radical (unpaired) electrons. The summed E-state index contributed by atoms with van der Waals surface area (Å²) in [4.78, 5) is 67.7. The van der Waals surface area contributed by atoms with Crippen LogP contribution >= 0.6 is 0 Å². The lowest BCUT2D eigenvalue weighted by Gasteiger charge is -2.59. The van der Waals surface area contributed by atoms with Gasteiger partial charge in [-0.25, -0.2) is 0 Å². The molecular weight excluding hydrogens is 492 g/mol. The Kier molecular flexibility index (Phi) is 6.38. The second-order valence-electron chi connectivity index (χ2n) is 13.0. The topological polar surface area (TPSA) is 94.6 Å². The Morgan fingerprint density at radius 1 is 0.949 bits per heavy atom. The number of rotatable bonds is 4. The number of aryl methyl sites for hydroxylation is 1.